The Morgan fingerprint density at radius 1 is 1.30 bits per heavy atom. The molecular formula is C16H22N4. The van der Waals surface area contributed by atoms with Crippen molar-refractivity contribution in [2.45, 2.75) is 45.2 Å². The zero-order valence-electron chi connectivity index (χ0n) is 12.0. The van der Waals surface area contributed by atoms with E-state index in [0.29, 0.717) is 6.04 Å². The SMILES string of the molecule is CC(NCCCn1ccnn1)c1ccc2c(c1)CCC2. The molecule has 20 heavy (non-hydrogen) atoms. The molecule has 1 aliphatic carbocycles. The summed E-state index contributed by atoms with van der Waals surface area (Å²) in [7, 11) is 0. The zero-order valence-corrected chi connectivity index (χ0v) is 12.0. The van der Waals surface area contributed by atoms with Crippen LogP contribution in [0.25, 0.3) is 0 Å². The topological polar surface area (TPSA) is 42.7 Å². The minimum atomic E-state index is 0.414. The molecular weight excluding hydrogens is 248 g/mol. The molecule has 1 aromatic carbocycles. The maximum Gasteiger partial charge on any atom is 0.0692 e. The summed E-state index contributed by atoms with van der Waals surface area (Å²) in [5, 5.41) is 11.4. The van der Waals surface area contributed by atoms with E-state index in [1.807, 2.05) is 10.9 Å². The van der Waals surface area contributed by atoms with E-state index >= 15 is 0 Å². The molecule has 1 atom stereocenters. The number of nitrogens with one attached hydrogen (secondary N) is 1. The Morgan fingerprint density at radius 2 is 2.20 bits per heavy atom. The molecule has 0 bridgehead atoms. The summed E-state index contributed by atoms with van der Waals surface area (Å²) >= 11 is 0. The molecule has 1 unspecified atom stereocenters. The van der Waals surface area contributed by atoms with E-state index in [1.54, 1.807) is 17.3 Å². The highest BCUT2D eigenvalue weighted by Gasteiger charge is 2.13. The van der Waals surface area contributed by atoms with Gasteiger partial charge in [-0.15, -0.1) is 5.10 Å². The van der Waals surface area contributed by atoms with E-state index in [4.69, 9.17) is 0 Å². The third-order valence-electron chi connectivity index (χ3n) is 4.11. The van der Waals surface area contributed by atoms with Crippen LogP contribution in [-0.4, -0.2) is 21.5 Å². The number of rotatable bonds is 6. The van der Waals surface area contributed by atoms with Gasteiger partial charge in [-0.05, 0) is 55.8 Å². The molecule has 4 nitrogen and oxygen atoms in total. The van der Waals surface area contributed by atoms with Gasteiger partial charge >= 0.3 is 0 Å². The van der Waals surface area contributed by atoms with E-state index < -0.39 is 0 Å². The highest BCUT2D eigenvalue weighted by molar-refractivity contribution is 5.36. The van der Waals surface area contributed by atoms with Crippen LogP contribution in [0.1, 0.15) is 42.5 Å². The molecule has 0 radical (unpaired) electrons. The second-order valence-electron chi connectivity index (χ2n) is 5.58. The van der Waals surface area contributed by atoms with Gasteiger partial charge in [0.05, 0.1) is 6.20 Å². The number of aryl methyl sites for hydroxylation is 3. The molecule has 0 saturated heterocycles. The molecule has 1 heterocycles. The lowest BCUT2D eigenvalue weighted by Crippen LogP contribution is -2.21. The van der Waals surface area contributed by atoms with Gasteiger partial charge in [-0.25, -0.2) is 0 Å². The van der Waals surface area contributed by atoms with Crippen molar-refractivity contribution in [3.05, 3.63) is 47.3 Å². The van der Waals surface area contributed by atoms with Gasteiger partial charge in [0, 0.05) is 18.8 Å². The van der Waals surface area contributed by atoms with Crippen molar-refractivity contribution >= 4 is 0 Å². The normalized spacial score (nSPS) is 15.2. The van der Waals surface area contributed by atoms with Gasteiger partial charge in [-0.1, -0.05) is 23.4 Å². The van der Waals surface area contributed by atoms with Crippen LogP contribution in [0.5, 0.6) is 0 Å². The monoisotopic (exact) mass is 270 g/mol. The minimum absolute atomic E-state index is 0.414. The quantitative estimate of drug-likeness (QED) is 0.820. The lowest BCUT2D eigenvalue weighted by Gasteiger charge is -2.15. The van der Waals surface area contributed by atoms with E-state index in [-0.39, 0.29) is 0 Å². The molecule has 0 spiro atoms. The molecule has 4 heteroatoms. The summed E-state index contributed by atoms with van der Waals surface area (Å²) in [6.07, 6.45) is 8.53. The Labute approximate surface area is 120 Å². The average molecular weight is 270 g/mol. The molecule has 3 rings (SSSR count). The Balaban J connectivity index is 1.48. The Bertz CT molecular complexity index is 548. The number of benzene rings is 1. The average Bonchev–Trinajstić information content (AvgIpc) is 3.13. The lowest BCUT2D eigenvalue weighted by molar-refractivity contribution is 0.499. The summed E-state index contributed by atoms with van der Waals surface area (Å²) < 4.78 is 1.88. The molecule has 1 aliphatic rings. The fraction of sp³-hybridized carbons (Fsp3) is 0.500. The van der Waals surface area contributed by atoms with Crippen LogP contribution >= 0.6 is 0 Å². The maximum absolute atomic E-state index is 3.97. The molecule has 0 saturated carbocycles. The standard InChI is InChI=1S/C16H22N4/c1-13(17-8-3-10-20-11-9-18-19-20)15-7-6-14-4-2-5-16(14)12-15/h6-7,9,11-13,17H,2-5,8,10H2,1H3. The number of hydrogen-bond acceptors (Lipinski definition) is 3. The molecule has 0 fully saturated rings. The van der Waals surface area contributed by atoms with Crippen molar-refractivity contribution in [1.29, 1.82) is 0 Å². The lowest BCUT2D eigenvalue weighted by atomic mass is 10.0. The zero-order chi connectivity index (χ0) is 13.8. The summed E-state index contributed by atoms with van der Waals surface area (Å²) in [5.41, 5.74) is 4.51. The number of aromatic nitrogens is 3. The second-order valence-corrected chi connectivity index (χ2v) is 5.58. The third kappa shape index (κ3) is 3.07. The van der Waals surface area contributed by atoms with E-state index in [0.717, 1.165) is 19.5 Å². The number of nitrogens with zero attached hydrogens (tertiary/aromatic N) is 3. The molecule has 0 aliphatic heterocycles. The number of hydrogen-bond donors (Lipinski definition) is 1. The molecule has 1 N–H and O–H groups in total. The van der Waals surface area contributed by atoms with Gasteiger partial charge in [-0.3, -0.25) is 4.68 Å². The summed E-state index contributed by atoms with van der Waals surface area (Å²) in [6, 6.07) is 7.39. The van der Waals surface area contributed by atoms with Crippen molar-refractivity contribution in [1.82, 2.24) is 20.3 Å². The van der Waals surface area contributed by atoms with Crippen molar-refractivity contribution in [3.63, 3.8) is 0 Å². The first-order chi connectivity index (χ1) is 9.83. The van der Waals surface area contributed by atoms with Gasteiger partial charge in [0.2, 0.25) is 0 Å². The van der Waals surface area contributed by atoms with Crippen LogP contribution in [0.2, 0.25) is 0 Å². The van der Waals surface area contributed by atoms with Gasteiger partial charge in [0.15, 0.2) is 0 Å². The van der Waals surface area contributed by atoms with Crippen molar-refractivity contribution in [3.8, 4) is 0 Å². The fourth-order valence-corrected chi connectivity index (χ4v) is 2.89. The van der Waals surface area contributed by atoms with Crippen molar-refractivity contribution in [2.75, 3.05) is 6.54 Å². The van der Waals surface area contributed by atoms with Crippen LogP contribution in [0.3, 0.4) is 0 Å². The van der Waals surface area contributed by atoms with Crippen LogP contribution in [0.4, 0.5) is 0 Å². The predicted molar refractivity (Wildman–Crippen MR) is 79.5 cm³/mol. The van der Waals surface area contributed by atoms with Crippen molar-refractivity contribution < 1.29 is 0 Å². The maximum atomic E-state index is 3.97. The van der Waals surface area contributed by atoms with Crippen LogP contribution in [-0.2, 0) is 19.4 Å². The minimum Gasteiger partial charge on any atom is -0.310 e. The van der Waals surface area contributed by atoms with Crippen LogP contribution in [0.15, 0.2) is 30.6 Å². The first-order valence-electron chi connectivity index (χ1n) is 7.52. The Hall–Kier alpha value is -1.68. The fourth-order valence-electron chi connectivity index (χ4n) is 2.89. The highest BCUT2D eigenvalue weighted by Crippen LogP contribution is 2.25. The highest BCUT2D eigenvalue weighted by atomic mass is 15.4. The van der Waals surface area contributed by atoms with Crippen molar-refractivity contribution in [2.24, 2.45) is 0 Å². The number of fused-ring (bicyclic) bond motifs is 1. The van der Waals surface area contributed by atoms with E-state index in [1.165, 1.54) is 24.8 Å². The van der Waals surface area contributed by atoms with Gasteiger partial charge in [-0.2, -0.15) is 0 Å². The smallest absolute Gasteiger partial charge is 0.0692 e. The van der Waals surface area contributed by atoms with E-state index in [2.05, 4.69) is 40.8 Å². The van der Waals surface area contributed by atoms with Crippen LogP contribution < -0.4 is 5.32 Å². The Kier molecular flexibility index (Phi) is 4.11. The first kappa shape index (κ1) is 13.3. The summed E-state index contributed by atoms with van der Waals surface area (Å²) in [6.45, 7) is 4.16. The largest absolute Gasteiger partial charge is 0.310 e. The second kappa shape index (κ2) is 6.18. The van der Waals surface area contributed by atoms with Gasteiger partial charge < -0.3 is 5.32 Å². The molecule has 0 amide bonds. The van der Waals surface area contributed by atoms with Gasteiger partial charge in [0.25, 0.3) is 0 Å². The molecule has 106 valence electrons. The predicted octanol–water partition coefficient (Wildman–Crippen LogP) is 2.51. The van der Waals surface area contributed by atoms with Gasteiger partial charge in [0.1, 0.15) is 0 Å². The Morgan fingerprint density at radius 3 is 3.05 bits per heavy atom. The molecule has 1 aromatic heterocycles. The summed E-state index contributed by atoms with van der Waals surface area (Å²) in [4.78, 5) is 0. The first-order valence-corrected chi connectivity index (χ1v) is 7.52. The molecule has 2 aromatic rings. The van der Waals surface area contributed by atoms with Crippen LogP contribution in [0, 0.1) is 0 Å². The van der Waals surface area contributed by atoms with E-state index in [9.17, 15) is 0 Å². The third-order valence-corrected chi connectivity index (χ3v) is 4.11. The summed E-state index contributed by atoms with van der Waals surface area (Å²) in [5.74, 6) is 0.